The van der Waals surface area contributed by atoms with Crippen molar-refractivity contribution in [3.05, 3.63) is 29.6 Å². The SMILES string of the molecule is N#Cc1ccc(N2CCCCCC2C(=O)O)c(F)c1. The highest BCUT2D eigenvalue weighted by Gasteiger charge is 2.28. The Kier molecular flexibility index (Phi) is 4.00. The molecule has 0 bridgehead atoms. The number of carboxylic acid groups (broad SMARTS) is 1. The lowest BCUT2D eigenvalue weighted by molar-refractivity contribution is -0.138. The van der Waals surface area contributed by atoms with E-state index in [-0.39, 0.29) is 11.3 Å². The van der Waals surface area contributed by atoms with Crippen LogP contribution in [0.1, 0.15) is 31.2 Å². The molecule has 1 fully saturated rings. The van der Waals surface area contributed by atoms with Crippen molar-refractivity contribution in [3.63, 3.8) is 0 Å². The molecule has 100 valence electrons. The van der Waals surface area contributed by atoms with E-state index in [2.05, 4.69) is 0 Å². The van der Waals surface area contributed by atoms with E-state index in [0.717, 1.165) is 25.3 Å². The van der Waals surface area contributed by atoms with Gasteiger partial charge in [-0.05, 0) is 31.0 Å². The Hall–Kier alpha value is -2.09. The summed E-state index contributed by atoms with van der Waals surface area (Å²) in [5, 5.41) is 18.0. The lowest BCUT2D eigenvalue weighted by Gasteiger charge is -2.29. The molecule has 1 N–H and O–H groups in total. The fourth-order valence-electron chi connectivity index (χ4n) is 2.46. The maximum absolute atomic E-state index is 14.0. The highest BCUT2D eigenvalue weighted by atomic mass is 19.1. The summed E-state index contributed by atoms with van der Waals surface area (Å²) in [6.07, 6.45) is 3.17. The van der Waals surface area contributed by atoms with Gasteiger partial charge in [0.25, 0.3) is 0 Å². The third-order valence-electron chi connectivity index (χ3n) is 3.42. The molecule has 0 amide bonds. The summed E-state index contributed by atoms with van der Waals surface area (Å²) in [5.41, 5.74) is 0.510. The average Bonchev–Trinajstić information content (AvgIpc) is 2.64. The summed E-state index contributed by atoms with van der Waals surface area (Å²) >= 11 is 0. The molecular weight excluding hydrogens is 247 g/mol. The second-order valence-electron chi connectivity index (χ2n) is 4.67. The molecule has 1 heterocycles. The molecule has 4 nitrogen and oxygen atoms in total. The summed E-state index contributed by atoms with van der Waals surface area (Å²) in [7, 11) is 0. The van der Waals surface area contributed by atoms with Gasteiger partial charge in [-0.1, -0.05) is 12.8 Å². The molecule has 1 aliphatic heterocycles. The number of anilines is 1. The van der Waals surface area contributed by atoms with Crippen molar-refractivity contribution in [2.24, 2.45) is 0 Å². The minimum absolute atomic E-state index is 0.239. The van der Waals surface area contributed by atoms with E-state index < -0.39 is 17.8 Å². The first kappa shape index (κ1) is 13.3. The smallest absolute Gasteiger partial charge is 0.326 e. The quantitative estimate of drug-likeness (QED) is 0.889. The number of aliphatic carboxylic acids is 1. The highest BCUT2D eigenvalue weighted by Crippen LogP contribution is 2.27. The van der Waals surface area contributed by atoms with Crippen LogP contribution >= 0.6 is 0 Å². The van der Waals surface area contributed by atoms with Crippen LogP contribution in [0, 0.1) is 17.1 Å². The van der Waals surface area contributed by atoms with Crippen LogP contribution < -0.4 is 4.90 Å². The number of nitrogens with zero attached hydrogens (tertiary/aromatic N) is 2. The number of nitriles is 1. The van der Waals surface area contributed by atoms with Crippen LogP contribution in [0.4, 0.5) is 10.1 Å². The van der Waals surface area contributed by atoms with Crippen molar-refractivity contribution >= 4 is 11.7 Å². The minimum atomic E-state index is -0.925. The van der Waals surface area contributed by atoms with E-state index >= 15 is 0 Å². The van der Waals surface area contributed by atoms with Gasteiger partial charge in [-0.15, -0.1) is 0 Å². The van der Waals surface area contributed by atoms with Crippen molar-refractivity contribution in [2.75, 3.05) is 11.4 Å². The van der Waals surface area contributed by atoms with Gasteiger partial charge in [-0.3, -0.25) is 0 Å². The predicted molar refractivity (Wildman–Crippen MR) is 68.4 cm³/mol. The predicted octanol–water partition coefficient (Wildman–Crippen LogP) is 2.53. The van der Waals surface area contributed by atoms with Gasteiger partial charge in [-0.25, -0.2) is 9.18 Å². The molecule has 0 saturated carbocycles. The van der Waals surface area contributed by atoms with E-state index in [1.807, 2.05) is 6.07 Å². The van der Waals surface area contributed by atoms with E-state index in [9.17, 15) is 14.3 Å². The maximum Gasteiger partial charge on any atom is 0.326 e. The van der Waals surface area contributed by atoms with Crippen molar-refractivity contribution in [3.8, 4) is 6.07 Å². The average molecular weight is 262 g/mol. The molecule has 2 rings (SSSR count). The van der Waals surface area contributed by atoms with E-state index in [1.54, 1.807) is 4.90 Å². The summed E-state index contributed by atoms with van der Waals surface area (Å²) in [4.78, 5) is 12.9. The highest BCUT2D eigenvalue weighted by molar-refractivity contribution is 5.78. The Labute approximate surface area is 111 Å². The maximum atomic E-state index is 14.0. The summed E-state index contributed by atoms with van der Waals surface area (Å²) in [6, 6.07) is 5.34. The summed E-state index contributed by atoms with van der Waals surface area (Å²) in [6.45, 7) is 0.528. The normalized spacial score (nSPS) is 19.6. The van der Waals surface area contributed by atoms with Crippen LogP contribution in [0.3, 0.4) is 0 Å². The minimum Gasteiger partial charge on any atom is -0.480 e. The zero-order valence-electron chi connectivity index (χ0n) is 10.5. The van der Waals surface area contributed by atoms with Crippen LogP contribution in [0.25, 0.3) is 0 Å². The lowest BCUT2D eigenvalue weighted by atomic mass is 10.1. The van der Waals surface area contributed by atoms with Gasteiger partial charge >= 0.3 is 5.97 Å². The molecule has 0 aromatic heterocycles. The van der Waals surface area contributed by atoms with Crippen LogP contribution in [0.2, 0.25) is 0 Å². The van der Waals surface area contributed by atoms with E-state index in [0.29, 0.717) is 13.0 Å². The fourth-order valence-corrected chi connectivity index (χ4v) is 2.46. The molecule has 1 saturated heterocycles. The molecule has 0 spiro atoms. The second-order valence-corrected chi connectivity index (χ2v) is 4.67. The van der Waals surface area contributed by atoms with Crippen molar-refractivity contribution in [1.82, 2.24) is 0 Å². The molecule has 1 aromatic carbocycles. The zero-order chi connectivity index (χ0) is 13.8. The largest absolute Gasteiger partial charge is 0.480 e. The number of hydrogen-bond acceptors (Lipinski definition) is 3. The van der Waals surface area contributed by atoms with Gasteiger partial charge < -0.3 is 10.0 Å². The molecule has 1 unspecified atom stereocenters. The van der Waals surface area contributed by atoms with Gasteiger partial charge in [0.1, 0.15) is 11.9 Å². The topological polar surface area (TPSA) is 64.3 Å². The molecule has 1 aliphatic rings. The Bertz CT molecular complexity index is 525. The van der Waals surface area contributed by atoms with Crippen molar-refractivity contribution < 1.29 is 14.3 Å². The third kappa shape index (κ3) is 2.84. The van der Waals surface area contributed by atoms with Crippen LogP contribution in [0.5, 0.6) is 0 Å². The third-order valence-corrected chi connectivity index (χ3v) is 3.42. The molecule has 0 aliphatic carbocycles. The number of carboxylic acids is 1. The first-order chi connectivity index (χ1) is 9.13. The van der Waals surface area contributed by atoms with Gasteiger partial charge in [0.15, 0.2) is 0 Å². The summed E-state index contributed by atoms with van der Waals surface area (Å²) < 4.78 is 14.0. The summed E-state index contributed by atoms with van der Waals surface area (Å²) in [5.74, 6) is -1.46. The van der Waals surface area contributed by atoms with Crippen LogP contribution in [-0.2, 0) is 4.79 Å². The monoisotopic (exact) mass is 262 g/mol. The molecule has 1 atom stereocenters. The molecule has 1 aromatic rings. The molecule has 5 heteroatoms. The zero-order valence-corrected chi connectivity index (χ0v) is 10.5. The second kappa shape index (κ2) is 5.70. The van der Waals surface area contributed by atoms with Gasteiger partial charge in [-0.2, -0.15) is 5.26 Å². The van der Waals surface area contributed by atoms with Gasteiger partial charge in [0.2, 0.25) is 0 Å². The standard InChI is InChI=1S/C14H15FN2O2/c15-11-8-10(9-16)5-6-12(11)17-7-3-1-2-4-13(17)14(18)19/h5-6,8,13H,1-4,7H2,(H,18,19). The van der Waals surface area contributed by atoms with E-state index in [1.165, 1.54) is 12.1 Å². The fraction of sp³-hybridized carbons (Fsp3) is 0.429. The first-order valence-corrected chi connectivity index (χ1v) is 6.32. The number of carbonyl (C=O) groups is 1. The van der Waals surface area contributed by atoms with Crippen molar-refractivity contribution in [2.45, 2.75) is 31.7 Å². The van der Waals surface area contributed by atoms with Crippen LogP contribution in [0.15, 0.2) is 18.2 Å². The first-order valence-electron chi connectivity index (χ1n) is 6.32. The Balaban J connectivity index is 2.36. The molecular formula is C14H15FN2O2. The molecule has 19 heavy (non-hydrogen) atoms. The Morgan fingerprint density at radius 2 is 2.21 bits per heavy atom. The van der Waals surface area contributed by atoms with Gasteiger partial charge in [0, 0.05) is 6.54 Å². The number of benzene rings is 1. The van der Waals surface area contributed by atoms with Crippen LogP contribution in [-0.4, -0.2) is 23.7 Å². The van der Waals surface area contributed by atoms with Crippen molar-refractivity contribution in [1.29, 1.82) is 5.26 Å². The number of rotatable bonds is 2. The molecule has 0 radical (unpaired) electrons. The number of hydrogen-bond donors (Lipinski definition) is 1. The Morgan fingerprint density at radius 3 is 2.84 bits per heavy atom. The lowest BCUT2D eigenvalue weighted by Crippen LogP contribution is -2.41. The Morgan fingerprint density at radius 1 is 1.42 bits per heavy atom. The number of halogens is 1. The van der Waals surface area contributed by atoms with E-state index in [4.69, 9.17) is 5.26 Å². The van der Waals surface area contributed by atoms with Gasteiger partial charge in [0.05, 0.1) is 17.3 Å².